The van der Waals surface area contributed by atoms with Crippen LogP contribution in [0.2, 0.25) is 0 Å². The Kier molecular flexibility index (Phi) is 3.31. The van der Waals surface area contributed by atoms with E-state index in [0.717, 1.165) is 12.4 Å². The number of hydrogen-bond acceptors (Lipinski definition) is 4. The molecule has 0 saturated carbocycles. The van der Waals surface area contributed by atoms with Crippen molar-refractivity contribution >= 4 is 5.97 Å². The van der Waals surface area contributed by atoms with E-state index in [1.54, 1.807) is 6.92 Å². The van der Waals surface area contributed by atoms with Crippen LogP contribution in [-0.2, 0) is 16.0 Å². The molecule has 0 spiro atoms. The highest BCUT2D eigenvalue weighted by Crippen LogP contribution is 1.95. The van der Waals surface area contributed by atoms with Gasteiger partial charge < -0.3 is 4.74 Å². The Morgan fingerprint density at radius 3 is 2.69 bits per heavy atom. The van der Waals surface area contributed by atoms with E-state index in [4.69, 9.17) is 0 Å². The molecule has 1 rings (SSSR count). The molecular weight excluding hydrogens is 175 g/mol. The van der Waals surface area contributed by atoms with Crippen molar-refractivity contribution in [2.75, 3.05) is 6.61 Å². The summed E-state index contributed by atoms with van der Waals surface area (Å²) in [5.74, 6) is -0.665. The maximum Gasteiger partial charge on any atom is 0.313 e. The summed E-state index contributed by atoms with van der Waals surface area (Å²) < 4.78 is 17.0. The first-order chi connectivity index (χ1) is 6.22. The van der Waals surface area contributed by atoms with E-state index in [1.807, 2.05) is 0 Å². The van der Waals surface area contributed by atoms with Crippen LogP contribution in [0, 0.1) is 5.82 Å². The summed E-state index contributed by atoms with van der Waals surface area (Å²) in [7, 11) is 0. The molecule has 0 radical (unpaired) electrons. The Bertz CT molecular complexity index is 287. The van der Waals surface area contributed by atoms with Gasteiger partial charge in [0, 0.05) is 0 Å². The molecule has 5 heteroatoms. The molecule has 4 nitrogen and oxygen atoms in total. The Labute approximate surface area is 74.8 Å². The molecule has 0 saturated heterocycles. The van der Waals surface area contributed by atoms with Crippen molar-refractivity contribution in [2.45, 2.75) is 13.3 Å². The molecule has 0 atom stereocenters. The first kappa shape index (κ1) is 9.57. The largest absolute Gasteiger partial charge is 0.466 e. The summed E-state index contributed by atoms with van der Waals surface area (Å²) in [6, 6.07) is 0. The summed E-state index contributed by atoms with van der Waals surface area (Å²) in [4.78, 5) is 18.1. The van der Waals surface area contributed by atoms with Gasteiger partial charge in [-0.3, -0.25) is 4.79 Å². The molecule has 1 heterocycles. The van der Waals surface area contributed by atoms with Gasteiger partial charge in [0.1, 0.15) is 12.2 Å². The monoisotopic (exact) mass is 184 g/mol. The molecule has 0 aliphatic rings. The number of carbonyl (C=O) groups excluding carboxylic acids is 1. The molecule has 70 valence electrons. The third-order valence-electron chi connectivity index (χ3n) is 1.28. The van der Waals surface area contributed by atoms with Crippen LogP contribution in [0.4, 0.5) is 4.39 Å². The molecule has 0 fully saturated rings. The fraction of sp³-hybridized carbons (Fsp3) is 0.375. The number of hydrogen-bond donors (Lipinski definition) is 0. The normalized spacial score (nSPS) is 9.69. The van der Waals surface area contributed by atoms with E-state index in [-0.39, 0.29) is 12.2 Å². The summed E-state index contributed by atoms with van der Waals surface area (Å²) in [6.07, 6.45) is 2.01. The van der Waals surface area contributed by atoms with Crippen molar-refractivity contribution in [1.29, 1.82) is 0 Å². The molecule has 1 aromatic rings. The second-order valence-electron chi connectivity index (χ2n) is 2.30. The average Bonchev–Trinajstić information content (AvgIpc) is 2.09. The van der Waals surface area contributed by atoms with Gasteiger partial charge in [-0.1, -0.05) is 0 Å². The molecule has 0 bridgehead atoms. The van der Waals surface area contributed by atoms with Gasteiger partial charge in [0.25, 0.3) is 0 Å². The number of rotatable bonds is 3. The first-order valence-electron chi connectivity index (χ1n) is 3.84. The predicted molar refractivity (Wildman–Crippen MR) is 42.3 cm³/mol. The van der Waals surface area contributed by atoms with Crippen LogP contribution in [0.1, 0.15) is 12.7 Å². The van der Waals surface area contributed by atoms with Crippen molar-refractivity contribution < 1.29 is 13.9 Å². The summed E-state index contributed by atoms with van der Waals surface area (Å²) >= 11 is 0. The standard InChI is InChI=1S/C8H9FN2O2/c1-2-13-8(12)3-7-10-4-6(9)5-11-7/h4-5H,2-3H2,1H3. The molecule has 1 aromatic heterocycles. The van der Waals surface area contributed by atoms with Crippen LogP contribution >= 0.6 is 0 Å². The van der Waals surface area contributed by atoms with Gasteiger partial charge in [0.05, 0.1) is 19.0 Å². The number of carbonyl (C=O) groups is 1. The van der Waals surface area contributed by atoms with Crippen LogP contribution < -0.4 is 0 Å². The highest BCUT2D eigenvalue weighted by Gasteiger charge is 2.05. The van der Waals surface area contributed by atoms with Gasteiger partial charge in [-0.15, -0.1) is 0 Å². The molecule has 0 aliphatic heterocycles. The van der Waals surface area contributed by atoms with Crippen molar-refractivity contribution in [3.8, 4) is 0 Å². The van der Waals surface area contributed by atoms with Gasteiger partial charge in [-0.2, -0.15) is 0 Å². The number of aromatic nitrogens is 2. The summed E-state index contributed by atoms with van der Waals surface area (Å²) in [6.45, 7) is 2.03. The lowest BCUT2D eigenvalue weighted by molar-refractivity contribution is -0.142. The van der Waals surface area contributed by atoms with Gasteiger partial charge in [-0.05, 0) is 6.92 Å². The highest BCUT2D eigenvalue weighted by atomic mass is 19.1. The van der Waals surface area contributed by atoms with Crippen molar-refractivity contribution in [3.63, 3.8) is 0 Å². The molecule has 0 unspecified atom stereocenters. The van der Waals surface area contributed by atoms with Gasteiger partial charge in [0.15, 0.2) is 5.82 Å². The van der Waals surface area contributed by atoms with Gasteiger partial charge >= 0.3 is 5.97 Å². The minimum Gasteiger partial charge on any atom is -0.466 e. The van der Waals surface area contributed by atoms with Crippen molar-refractivity contribution in [2.24, 2.45) is 0 Å². The van der Waals surface area contributed by atoms with Crippen molar-refractivity contribution in [1.82, 2.24) is 9.97 Å². The molecule has 13 heavy (non-hydrogen) atoms. The predicted octanol–water partition coefficient (Wildman–Crippen LogP) is 0.721. The first-order valence-corrected chi connectivity index (χ1v) is 3.84. The lowest BCUT2D eigenvalue weighted by atomic mass is 10.4. The van der Waals surface area contributed by atoms with Crippen LogP contribution in [0.15, 0.2) is 12.4 Å². The zero-order valence-corrected chi connectivity index (χ0v) is 7.16. The van der Waals surface area contributed by atoms with E-state index < -0.39 is 11.8 Å². The fourth-order valence-electron chi connectivity index (χ4n) is 0.771. The summed E-state index contributed by atoms with van der Waals surface area (Å²) in [5.41, 5.74) is 0. The average molecular weight is 184 g/mol. The Morgan fingerprint density at radius 1 is 1.54 bits per heavy atom. The van der Waals surface area contributed by atoms with Gasteiger partial charge in [0.2, 0.25) is 0 Å². The lowest BCUT2D eigenvalue weighted by Gasteiger charge is -1.99. The zero-order chi connectivity index (χ0) is 9.68. The molecular formula is C8H9FN2O2. The maximum absolute atomic E-state index is 12.3. The fourth-order valence-corrected chi connectivity index (χ4v) is 0.771. The smallest absolute Gasteiger partial charge is 0.313 e. The quantitative estimate of drug-likeness (QED) is 0.649. The zero-order valence-electron chi connectivity index (χ0n) is 7.16. The maximum atomic E-state index is 12.3. The number of halogens is 1. The van der Waals surface area contributed by atoms with Crippen LogP contribution in [-0.4, -0.2) is 22.5 Å². The molecule has 0 aromatic carbocycles. The Morgan fingerprint density at radius 2 is 2.15 bits per heavy atom. The molecule has 0 aliphatic carbocycles. The van der Waals surface area contributed by atoms with Gasteiger partial charge in [-0.25, -0.2) is 14.4 Å². The van der Waals surface area contributed by atoms with Crippen LogP contribution in [0.25, 0.3) is 0 Å². The highest BCUT2D eigenvalue weighted by molar-refractivity contribution is 5.71. The van der Waals surface area contributed by atoms with E-state index in [2.05, 4.69) is 14.7 Å². The topological polar surface area (TPSA) is 52.1 Å². The molecule has 0 amide bonds. The number of esters is 1. The minimum atomic E-state index is -0.521. The van der Waals surface area contributed by atoms with E-state index in [9.17, 15) is 9.18 Å². The number of nitrogens with zero attached hydrogens (tertiary/aromatic N) is 2. The second kappa shape index (κ2) is 4.49. The SMILES string of the molecule is CCOC(=O)Cc1ncc(F)cn1. The third-order valence-corrected chi connectivity index (χ3v) is 1.28. The third kappa shape index (κ3) is 3.14. The lowest BCUT2D eigenvalue weighted by Crippen LogP contribution is -2.10. The van der Waals surface area contributed by atoms with E-state index >= 15 is 0 Å². The Balaban J connectivity index is 2.54. The molecule has 0 N–H and O–H groups in total. The van der Waals surface area contributed by atoms with E-state index in [1.165, 1.54) is 0 Å². The van der Waals surface area contributed by atoms with Crippen LogP contribution in [0.3, 0.4) is 0 Å². The van der Waals surface area contributed by atoms with E-state index in [0.29, 0.717) is 6.61 Å². The van der Waals surface area contributed by atoms with Crippen molar-refractivity contribution in [3.05, 3.63) is 24.0 Å². The summed E-state index contributed by atoms with van der Waals surface area (Å²) in [5, 5.41) is 0. The Hall–Kier alpha value is -1.52. The number of ether oxygens (including phenoxy) is 1. The second-order valence-corrected chi connectivity index (χ2v) is 2.30. The van der Waals surface area contributed by atoms with Crippen LogP contribution in [0.5, 0.6) is 0 Å². The minimum absolute atomic E-state index is 0.0197.